The molecule has 29 nitrogen and oxygen atoms in total. The molecule has 7 saturated heterocycles. The largest absolute Gasteiger partial charge is 0.474 e. The Labute approximate surface area is 616 Å². The van der Waals surface area contributed by atoms with Crippen molar-refractivity contribution in [3.63, 3.8) is 0 Å². The highest BCUT2D eigenvalue weighted by Gasteiger charge is 2.27. The van der Waals surface area contributed by atoms with Gasteiger partial charge in [-0.05, 0) is 54.0 Å². The molecule has 0 aliphatic carbocycles. The van der Waals surface area contributed by atoms with Crippen LogP contribution in [0, 0.1) is 6.92 Å². The summed E-state index contributed by atoms with van der Waals surface area (Å²) < 4.78 is 22.8. The van der Waals surface area contributed by atoms with Crippen molar-refractivity contribution in [1.82, 2.24) is 94.1 Å². The highest BCUT2D eigenvalue weighted by molar-refractivity contribution is 5.88. The van der Waals surface area contributed by atoms with E-state index in [1.165, 1.54) is 25.9 Å². The molecule has 6 aromatic heterocycles. The van der Waals surface area contributed by atoms with E-state index in [9.17, 15) is 0 Å². The lowest BCUT2D eigenvalue weighted by Crippen LogP contribution is -2.45. The maximum atomic E-state index is 6.38. The summed E-state index contributed by atoms with van der Waals surface area (Å²) in [5.74, 6) is 6.48. The Morgan fingerprint density at radius 2 is 0.781 bits per heavy atom. The fraction of sp³-hybridized carbons (Fsp3) is 0.526. The third-order valence-corrected chi connectivity index (χ3v) is 20.4. The zero-order chi connectivity index (χ0) is 71.5. The average Bonchev–Trinajstić information content (AvgIpc) is 0.961. The van der Waals surface area contributed by atoms with Crippen LogP contribution in [0.1, 0.15) is 18.5 Å². The van der Waals surface area contributed by atoms with E-state index < -0.39 is 0 Å². The number of benzene rings is 3. The second kappa shape index (κ2) is 36.4. The molecular formula is C76H103N25O4. The molecule has 0 spiro atoms. The molecule has 13 heterocycles. The summed E-state index contributed by atoms with van der Waals surface area (Å²) in [4.78, 5) is 82.4. The first-order valence-electron chi connectivity index (χ1n) is 37.8. The highest BCUT2D eigenvalue weighted by atomic mass is 16.5. The molecule has 7 aliphatic heterocycles. The van der Waals surface area contributed by atoms with Crippen LogP contribution < -0.4 is 35.4 Å². The number of fused-ring (bicyclic) bond motifs is 3. The zero-order valence-corrected chi connectivity index (χ0v) is 61.7. The van der Waals surface area contributed by atoms with E-state index in [0.29, 0.717) is 57.9 Å². The average molecular weight is 1430 g/mol. The maximum absolute atomic E-state index is 6.38. The minimum Gasteiger partial charge on any atom is -0.474 e. The SMILES string of the molecule is CN1CCN(c2nc(NCCN3CCOCC3)c3ncc(-c4ccccc4)nc3n2)CC1.CN1CCN(c2nc3nc(-c4ccccc4)nc(NCCN4CCOCC4)c3nc2OCCN2CCOCC2)CC1.Cc1nc2c(NCCN3CCCC3)nc(-c3ccccc3)nc2nc1N1CCN(C)CC1. The highest BCUT2D eigenvalue weighted by Crippen LogP contribution is 2.33. The van der Waals surface area contributed by atoms with Gasteiger partial charge in [0.15, 0.2) is 74.2 Å². The minimum absolute atomic E-state index is 0.531. The molecule has 0 atom stereocenters. The molecule has 0 unspecified atom stereocenters. The van der Waals surface area contributed by atoms with Crippen LogP contribution >= 0.6 is 0 Å². The molecule has 29 heteroatoms. The fourth-order valence-corrected chi connectivity index (χ4v) is 13.9. The van der Waals surface area contributed by atoms with Gasteiger partial charge in [0, 0.05) is 180 Å². The van der Waals surface area contributed by atoms with Crippen LogP contribution in [0.3, 0.4) is 0 Å². The van der Waals surface area contributed by atoms with Crippen LogP contribution in [0.2, 0.25) is 0 Å². The van der Waals surface area contributed by atoms with Crippen molar-refractivity contribution in [3.05, 3.63) is 103 Å². The molecule has 7 aliphatic rings. The Hall–Kier alpha value is -8.88. The van der Waals surface area contributed by atoms with E-state index in [0.717, 1.165) is 266 Å². The second-order valence-electron chi connectivity index (χ2n) is 27.9. The summed E-state index contributed by atoms with van der Waals surface area (Å²) in [5.41, 5.74) is 8.66. The number of likely N-dealkylation sites (tertiary alicyclic amines) is 1. The Morgan fingerprint density at radius 3 is 1.28 bits per heavy atom. The van der Waals surface area contributed by atoms with Crippen LogP contribution in [0.5, 0.6) is 5.88 Å². The normalized spacial score (nSPS) is 18.6. The number of likely N-dealkylation sites (N-methyl/N-ethyl adjacent to an activating group) is 3. The Bertz CT molecular complexity index is 4200. The molecule has 0 bridgehead atoms. The third-order valence-electron chi connectivity index (χ3n) is 20.4. The van der Waals surface area contributed by atoms with Gasteiger partial charge in [-0.2, -0.15) is 9.97 Å². The Kier molecular flexibility index (Phi) is 25.3. The quantitative estimate of drug-likeness (QED) is 0.0753. The first-order valence-corrected chi connectivity index (χ1v) is 37.8. The number of nitrogens with one attached hydrogen (secondary N) is 3. The predicted octanol–water partition coefficient (Wildman–Crippen LogP) is 5.53. The van der Waals surface area contributed by atoms with Gasteiger partial charge in [-0.15, -0.1) is 0 Å². The number of ether oxygens (including phenoxy) is 4. The van der Waals surface area contributed by atoms with Gasteiger partial charge in [-0.1, -0.05) is 91.0 Å². The fourth-order valence-electron chi connectivity index (χ4n) is 13.9. The topological polar surface area (TPSA) is 260 Å². The summed E-state index contributed by atoms with van der Waals surface area (Å²) >= 11 is 0. The van der Waals surface area contributed by atoms with Crippen LogP contribution in [-0.4, -0.2) is 338 Å². The van der Waals surface area contributed by atoms with Gasteiger partial charge in [0.1, 0.15) is 6.61 Å². The van der Waals surface area contributed by atoms with Crippen LogP contribution in [0.4, 0.5) is 35.0 Å². The maximum Gasteiger partial charge on any atom is 0.258 e. The van der Waals surface area contributed by atoms with Crippen molar-refractivity contribution < 1.29 is 18.9 Å². The number of morpholine rings is 3. The minimum atomic E-state index is 0.531. The molecular weight excluding hydrogens is 1330 g/mol. The lowest BCUT2D eigenvalue weighted by atomic mass is 10.2. The lowest BCUT2D eigenvalue weighted by Gasteiger charge is -2.33. The molecule has 3 N–H and O–H groups in total. The van der Waals surface area contributed by atoms with Crippen molar-refractivity contribution in [3.8, 4) is 39.9 Å². The van der Waals surface area contributed by atoms with Crippen molar-refractivity contribution in [2.75, 3.05) is 275 Å². The summed E-state index contributed by atoms with van der Waals surface area (Å²) in [6, 6.07) is 30.3. The van der Waals surface area contributed by atoms with Crippen molar-refractivity contribution in [2.24, 2.45) is 0 Å². The van der Waals surface area contributed by atoms with Crippen molar-refractivity contribution >= 4 is 68.5 Å². The molecule has 0 amide bonds. The molecule has 7 fully saturated rings. The van der Waals surface area contributed by atoms with Crippen LogP contribution in [0.25, 0.3) is 67.5 Å². The van der Waals surface area contributed by atoms with Crippen LogP contribution in [0.15, 0.2) is 97.2 Å². The van der Waals surface area contributed by atoms with Gasteiger partial charge in [-0.3, -0.25) is 14.7 Å². The number of hydrogen-bond donors (Lipinski definition) is 3. The first kappa shape index (κ1) is 73.0. The molecule has 0 radical (unpaired) electrons. The summed E-state index contributed by atoms with van der Waals surface area (Å²) in [7, 11) is 6.46. The van der Waals surface area contributed by atoms with Crippen molar-refractivity contribution in [2.45, 2.75) is 19.8 Å². The number of hydrogen-bond acceptors (Lipinski definition) is 29. The molecule has 0 saturated carbocycles. The molecule has 3 aromatic carbocycles. The van der Waals surface area contributed by atoms with Gasteiger partial charge in [0.2, 0.25) is 5.95 Å². The predicted molar refractivity (Wildman–Crippen MR) is 414 cm³/mol. The monoisotopic (exact) mass is 1430 g/mol. The molecule has 16 rings (SSSR count). The number of aryl methyl sites for hydroxylation is 1. The Morgan fingerprint density at radius 1 is 0.371 bits per heavy atom. The van der Waals surface area contributed by atoms with E-state index in [4.69, 9.17) is 78.8 Å². The smallest absolute Gasteiger partial charge is 0.258 e. The Balaban J connectivity index is 0.000000134. The van der Waals surface area contributed by atoms with Gasteiger partial charge < -0.3 is 69.2 Å². The zero-order valence-electron chi connectivity index (χ0n) is 61.7. The molecule has 556 valence electrons. The number of anilines is 6. The number of rotatable bonds is 22. The second-order valence-corrected chi connectivity index (χ2v) is 27.9. The molecule has 105 heavy (non-hydrogen) atoms. The summed E-state index contributed by atoms with van der Waals surface area (Å²) in [5, 5.41) is 10.6. The van der Waals surface area contributed by atoms with E-state index in [2.05, 4.69) is 86.1 Å². The van der Waals surface area contributed by atoms with Gasteiger partial charge >= 0.3 is 0 Å². The van der Waals surface area contributed by atoms with Gasteiger partial charge in [-0.25, -0.2) is 49.8 Å². The van der Waals surface area contributed by atoms with E-state index in [-0.39, 0.29) is 0 Å². The number of aromatic nitrogens is 12. The number of piperazine rings is 3. The first-order chi connectivity index (χ1) is 51.7. The lowest BCUT2D eigenvalue weighted by molar-refractivity contribution is 0.0320. The summed E-state index contributed by atoms with van der Waals surface area (Å²) in [6.07, 6.45) is 4.41. The number of nitrogens with zero attached hydrogens (tertiary/aromatic N) is 22. The third kappa shape index (κ3) is 19.6. The summed E-state index contributed by atoms with van der Waals surface area (Å²) in [6.45, 7) is 32.7. The van der Waals surface area contributed by atoms with E-state index >= 15 is 0 Å². The van der Waals surface area contributed by atoms with Gasteiger partial charge in [0.25, 0.3) is 5.88 Å². The van der Waals surface area contributed by atoms with E-state index in [1.807, 2.05) is 104 Å². The standard InChI is InChI=1S/C29H41N9O3.C24H32N8.C23H30N8O/c1-35-9-11-38(12-10-35)28-29(41-22-17-37-15-20-40-21-16-37)31-24-26(30-7-8-36-13-18-39-19-14-36)32-25(33-27(24)34-28)23-5-3-2-4-6-23;1-18-24(32-16-14-30(2)15-17-32)29-23-20(26-18)22(25-10-13-31-11-6-7-12-31)27-21(28-23)19-8-4-3-5-9-19;1-29-9-11-31(12-10-29)23-27-21(24-7-8-30-13-15-32-16-14-30)20-22(28-23)26-19(17-25-20)18-5-3-2-4-6-18/h2-6H,7-22H2,1H3,(H,30,32,33,34);3-5,8-9H,6-7,10-17H2,1-2H3,(H,25,27,28,29);2-6,17H,7-16H2,1H3,(H,24,26,27,28). The molecule has 9 aromatic rings. The van der Waals surface area contributed by atoms with E-state index in [1.54, 1.807) is 0 Å². The van der Waals surface area contributed by atoms with Crippen LogP contribution in [-0.2, 0) is 14.2 Å². The van der Waals surface area contributed by atoms with Gasteiger partial charge in [0.05, 0.1) is 57.2 Å². The van der Waals surface area contributed by atoms with Crippen molar-refractivity contribution in [1.29, 1.82) is 0 Å².